The fourth-order valence-corrected chi connectivity index (χ4v) is 2.01. The molecule has 0 saturated heterocycles. The van der Waals surface area contributed by atoms with Gasteiger partial charge in [-0.15, -0.1) is 11.6 Å². The Balaban J connectivity index is 2.31. The second-order valence-electron chi connectivity index (χ2n) is 3.38. The predicted molar refractivity (Wildman–Crippen MR) is 48.4 cm³/mol. The topological polar surface area (TPSA) is 43.4 Å². The van der Waals surface area contributed by atoms with Crippen molar-refractivity contribution in [3.8, 4) is 0 Å². The third-order valence-corrected chi connectivity index (χ3v) is 2.83. The summed E-state index contributed by atoms with van der Waals surface area (Å²) in [5, 5.41) is 0.0690. The number of esters is 2. The lowest BCUT2D eigenvalue weighted by Crippen LogP contribution is -2.16. The van der Waals surface area contributed by atoms with E-state index < -0.39 is 11.9 Å². The summed E-state index contributed by atoms with van der Waals surface area (Å²) >= 11 is 5.97. The third kappa shape index (κ3) is 3.35. The molecule has 2 unspecified atom stereocenters. The van der Waals surface area contributed by atoms with E-state index in [9.17, 15) is 9.59 Å². The SMILES string of the molecule is CC(=O)OC(=O)CC1CCCC1Cl. The van der Waals surface area contributed by atoms with Gasteiger partial charge in [-0.3, -0.25) is 9.59 Å². The first-order valence-electron chi connectivity index (χ1n) is 4.45. The van der Waals surface area contributed by atoms with Crippen molar-refractivity contribution in [3.63, 3.8) is 0 Å². The van der Waals surface area contributed by atoms with Gasteiger partial charge < -0.3 is 4.74 Å². The lowest BCUT2D eigenvalue weighted by atomic mass is 10.0. The molecule has 1 saturated carbocycles. The summed E-state index contributed by atoms with van der Waals surface area (Å²) < 4.78 is 4.42. The first-order valence-corrected chi connectivity index (χ1v) is 4.88. The van der Waals surface area contributed by atoms with Crippen molar-refractivity contribution in [2.45, 2.75) is 38.0 Å². The van der Waals surface area contributed by atoms with Crippen LogP contribution >= 0.6 is 11.6 Å². The number of hydrogen-bond acceptors (Lipinski definition) is 3. The molecule has 0 aliphatic heterocycles. The van der Waals surface area contributed by atoms with E-state index in [0.717, 1.165) is 19.3 Å². The second-order valence-corrected chi connectivity index (χ2v) is 3.94. The van der Waals surface area contributed by atoms with Crippen molar-refractivity contribution in [2.75, 3.05) is 0 Å². The zero-order valence-corrected chi connectivity index (χ0v) is 8.34. The van der Waals surface area contributed by atoms with Crippen LogP contribution in [0.1, 0.15) is 32.6 Å². The van der Waals surface area contributed by atoms with Crippen LogP contribution in [0.15, 0.2) is 0 Å². The van der Waals surface area contributed by atoms with Crippen molar-refractivity contribution in [2.24, 2.45) is 5.92 Å². The minimum absolute atomic E-state index is 0.0690. The number of carbonyl (C=O) groups is 2. The van der Waals surface area contributed by atoms with Gasteiger partial charge in [-0.25, -0.2) is 0 Å². The zero-order chi connectivity index (χ0) is 9.84. The molecule has 0 aromatic heterocycles. The Morgan fingerprint density at radius 3 is 2.62 bits per heavy atom. The molecule has 0 bridgehead atoms. The molecule has 0 heterocycles. The number of alkyl halides is 1. The van der Waals surface area contributed by atoms with E-state index in [4.69, 9.17) is 11.6 Å². The van der Waals surface area contributed by atoms with Gasteiger partial charge in [0.05, 0.1) is 6.42 Å². The summed E-state index contributed by atoms with van der Waals surface area (Å²) in [6.07, 6.45) is 3.25. The molecule has 74 valence electrons. The van der Waals surface area contributed by atoms with Crippen LogP contribution in [-0.2, 0) is 14.3 Å². The van der Waals surface area contributed by atoms with Gasteiger partial charge in [0, 0.05) is 12.3 Å². The normalized spacial score (nSPS) is 27.2. The highest BCUT2D eigenvalue weighted by Gasteiger charge is 2.28. The van der Waals surface area contributed by atoms with Crippen LogP contribution in [0.2, 0.25) is 0 Å². The molecule has 1 aliphatic rings. The molecular formula is C9H13ClO3. The smallest absolute Gasteiger partial charge is 0.313 e. The zero-order valence-electron chi connectivity index (χ0n) is 7.59. The van der Waals surface area contributed by atoms with Crippen LogP contribution < -0.4 is 0 Å². The largest absolute Gasteiger partial charge is 0.393 e. The molecule has 1 fully saturated rings. The van der Waals surface area contributed by atoms with Crippen molar-refractivity contribution < 1.29 is 14.3 Å². The Hall–Kier alpha value is -0.570. The molecule has 0 spiro atoms. The Kier molecular flexibility index (Phi) is 3.72. The number of halogens is 1. The molecule has 0 radical (unpaired) electrons. The first kappa shape index (κ1) is 10.5. The van der Waals surface area contributed by atoms with E-state index in [1.54, 1.807) is 0 Å². The molecule has 2 atom stereocenters. The van der Waals surface area contributed by atoms with Gasteiger partial charge in [-0.05, 0) is 18.8 Å². The van der Waals surface area contributed by atoms with E-state index in [1.165, 1.54) is 6.92 Å². The van der Waals surface area contributed by atoms with E-state index >= 15 is 0 Å². The number of hydrogen-bond donors (Lipinski definition) is 0. The van der Waals surface area contributed by atoms with E-state index in [2.05, 4.69) is 4.74 Å². The molecule has 13 heavy (non-hydrogen) atoms. The van der Waals surface area contributed by atoms with Gasteiger partial charge in [0.15, 0.2) is 0 Å². The Morgan fingerprint density at radius 2 is 2.15 bits per heavy atom. The minimum atomic E-state index is -0.547. The monoisotopic (exact) mass is 204 g/mol. The first-order chi connectivity index (χ1) is 6.09. The summed E-state index contributed by atoms with van der Waals surface area (Å²) in [6, 6.07) is 0. The van der Waals surface area contributed by atoms with Gasteiger partial charge >= 0.3 is 11.9 Å². The quantitative estimate of drug-likeness (QED) is 0.392. The van der Waals surface area contributed by atoms with Crippen LogP contribution in [-0.4, -0.2) is 17.3 Å². The second kappa shape index (κ2) is 4.61. The van der Waals surface area contributed by atoms with Crippen molar-refractivity contribution in [1.29, 1.82) is 0 Å². The number of ether oxygens (including phenoxy) is 1. The summed E-state index contributed by atoms with van der Waals surface area (Å²) in [5.74, 6) is -0.812. The highest BCUT2D eigenvalue weighted by Crippen LogP contribution is 2.32. The Bertz CT molecular complexity index is 215. The Morgan fingerprint density at radius 1 is 1.46 bits per heavy atom. The summed E-state index contributed by atoms with van der Waals surface area (Å²) in [4.78, 5) is 21.5. The van der Waals surface area contributed by atoms with Crippen LogP contribution in [0.5, 0.6) is 0 Å². The molecule has 1 rings (SSSR count). The van der Waals surface area contributed by atoms with Crippen LogP contribution in [0.25, 0.3) is 0 Å². The lowest BCUT2D eigenvalue weighted by molar-refractivity contribution is -0.158. The minimum Gasteiger partial charge on any atom is -0.393 e. The molecule has 0 aromatic carbocycles. The van der Waals surface area contributed by atoms with Gasteiger partial charge in [-0.2, -0.15) is 0 Å². The molecule has 0 amide bonds. The number of rotatable bonds is 2. The maximum Gasteiger partial charge on any atom is 0.313 e. The van der Waals surface area contributed by atoms with Crippen LogP contribution in [0, 0.1) is 5.92 Å². The van der Waals surface area contributed by atoms with Gasteiger partial charge in [-0.1, -0.05) is 6.42 Å². The van der Waals surface area contributed by atoms with Crippen molar-refractivity contribution in [3.05, 3.63) is 0 Å². The number of carbonyl (C=O) groups excluding carboxylic acids is 2. The molecule has 1 aliphatic carbocycles. The van der Waals surface area contributed by atoms with E-state index in [-0.39, 0.29) is 17.7 Å². The van der Waals surface area contributed by atoms with Gasteiger partial charge in [0.25, 0.3) is 0 Å². The average Bonchev–Trinajstić information content (AvgIpc) is 2.34. The van der Waals surface area contributed by atoms with Crippen molar-refractivity contribution in [1.82, 2.24) is 0 Å². The lowest BCUT2D eigenvalue weighted by Gasteiger charge is -2.11. The average molecular weight is 205 g/mol. The third-order valence-electron chi connectivity index (χ3n) is 2.25. The van der Waals surface area contributed by atoms with Gasteiger partial charge in [0.2, 0.25) is 0 Å². The standard InChI is InChI=1S/C9H13ClO3/c1-6(11)13-9(12)5-7-3-2-4-8(7)10/h7-8H,2-5H2,1H3. The summed E-state index contributed by atoms with van der Waals surface area (Å²) in [7, 11) is 0. The predicted octanol–water partition coefficient (Wildman–Crippen LogP) is 1.87. The van der Waals surface area contributed by atoms with E-state index in [1.807, 2.05) is 0 Å². The molecule has 3 nitrogen and oxygen atoms in total. The van der Waals surface area contributed by atoms with Crippen LogP contribution in [0.3, 0.4) is 0 Å². The molecule has 0 aromatic rings. The Labute approximate surface area is 82.4 Å². The molecular weight excluding hydrogens is 192 g/mol. The maximum absolute atomic E-state index is 11.1. The summed E-state index contributed by atoms with van der Waals surface area (Å²) in [6.45, 7) is 1.23. The van der Waals surface area contributed by atoms with Crippen LogP contribution in [0.4, 0.5) is 0 Å². The highest BCUT2D eigenvalue weighted by atomic mass is 35.5. The molecule has 0 N–H and O–H groups in total. The van der Waals surface area contributed by atoms with Gasteiger partial charge in [0.1, 0.15) is 0 Å². The maximum atomic E-state index is 11.1. The van der Waals surface area contributed by atoms with E-state index in [0.29, 0.717) is 0 Å². The summed E-state index contributed by atoms with van der Waals surface area (Å²) in [5.41, 5.74) is 0. The fraction of sp³-hybridized carbons (Fsp3) is 0.778. The highest BCUT2D eigenvalue weighted by molar-refractivity contribution is 6.21. The fourth-order valence-electron chi connectivity index (χ4n) is 1.64. The van der Waals surface area contributed by atoms with Crippen molar-refractivity contribution >= 4 is 23.5 Å². The molecule has 4 heteroatoms.